The number of halogens is 2. The predicted molar refractivity (Wildman–Crippen MR) is 70.3 cm³/mol. The molecule has 0 saturated carbocycles. The average molecular weight is 322 g/mol. The normalized spacial score (nSPS) is 21.5. The monoisotopic (exact) mass is 322 g/mol. The molecule has 1 aliphatic heterocycles. The lowest BCUT2D eigenvalue weighted by atomic mass is 10.00. The molecule has 1 aliphatic rings. The second kappa shape index (κ2) is 7.48. The van der Waals surface area contributed by atoms with Gasteiger partial charge in [-0.15, -0.1) is 0 Å². The maximum absolute atomic E-state index is 13.4. The van der Waals surface area contributed by atoms with E-state index in [0.29, 0.717) is 11.3 Å². The van der Waals surface area contributed by atoms with Crippen LogP contribution in [0, 0.1) is 5.92 Å². The second-order valence-electron chi connectivity index (χ2n) is 5.45. The van der Waals surface area contributed by atoms with E-state index in [-0.39, 0.29) is 24.4 Å². The summed E-state index contributed by atoms with van der Waals surface area (Å²) in [6.45, 7) is 0.552. The second-order valence-corrected chi connectivity index (χ2v) is 5.45. The predicted octanol–water partition coefficient (Wildman–Crippen LogP) is 0.961. The molecule has 0 aromatic rings. The lowest BCUT2D eigenvalue weighted by molar-refractivity contribution is -0.159. The number of hydrogen-bond donors (Lipinski definition) is 2. The molecular formula is C13H20F2N2O5. The van der Waals surface area contributed by atoms with E-state index in [1.165, 1.54) is 0 Å². The van der Waals surface area contributed by atoms with Gasteiger partial charge in [0.1, 0.15) is 6.04 Å². The van der Waals surface area contributed by atoms with Gasteiger partial charge >= 0.3 is 5.97 Å². The molecule has 0 aromatic heterocycles. The number of carboxylic acid groups (broad SMARTS) is 1. The Balaban J connectivity index is 2.90. The minimum absolute atomic E-state index is 0.111. The van der Waals surface area contributed by atoms with E-state index in [9.17, 15) is 28.4 Å². The third kappa shape index (κ3) is 4.62. The largest absolute Gasteiger partial charge is 0.480 e. The van der Waals surface area contributed by atoms with Crippen molar-refractivity contribution in [1.29, 1.82) is 0 Å². The van der Waals surface area contributed by atoms with Crippen LogP contribution in [0.1, 0.15) is 32.6 Å². The number of carbonyl (C=O) groups is 3. The number of unbranched alkanes of at least 4 members (excludes halogenated alkanes) is 1. The van der Waals surface area contributed by atoms with Crippen LogP contribution in [-0.4, -0.2) is 63.6 Å². The summed E-state index contributed by atoms with van der Waals surface area (Å²) in [7, 11) is 0. The first-order chi connectivity index (χ1) is 10.2. The SMILES string of the molecule is CCCC[C@H](CN(O)C=O)C(=O)N1CC(F)(F)CC1C(=O)O. The number of hydrogen-bond acceptors (Lipinski definition) is 4. The van der Waals surface area contributed by atoms with Gasteiger partial charge in [0.15, 0.2) is 0 Å². The minimum atomic E-state index is -3.25. The van der Waals surface area contributed by atoms with Gasteiger partial charge < -0.3 is 10.0 Å². The van der Waals surface area contributed by atoms with Crippen LogP contribution in [0.4, 0.5) is 8.78 Å². The number of amides is 2. The van der Waals surface area contributed by atoms with Crippen molar-refractivity contribution in [2.45, 2.75) is 44.6 Å². The fourth-order valence-corrected chi connectivity index (χ4v) is 2.52. The number of carboxylic acids is 1. The van der Waals surface area contributed by atoms with Crippen LogP contribution in [0.25, 0.3) is 0 Å². The van der Waals surface area contributed by atoms with Crippen molar-refractivity contribution >= 4 is 18.3 Å². The molecule has 22 heavy (non-hydrogen) atoms. The van der Waals surface area contributed by atoms with Crippen molar-refractivity contribution in [2.75, 3.05) is 13.1 Å². The van der Waals surface area contributed by atoms with Gasteiger partial charge in [-0.05, 0) is 6.42 Å². The number of likely N-dealkylation sites (tertiary alicyclic amines) is 1. The summed E-state index contributed by atoms with van der Waals surface area (Å²) in [5, 5.41) is 18.5. The zero-order valence-electron chi connectivity index (χ0n) is 12.2. The molecular weight excluding hydrogens is 302 g/mol. The van der Waals surface area contributed by atoms with E-state index in [1.807, 2.05) is 6.92 Å². The highest BCUT2D eigenvalue weighted by molar-refractivity contribution is 5.86. The maximum atomic E-state index is 13.4. The Kier molecular flexibility index (Phi) is 6.21. The standard InChI is InChI=1S/C13H20F2N2O5/c1-2-3-4-9(6-16(22)8-18)11(19)17-7-13(14,15)5-10(17)12(20)21/h8-10,22H,2-7H2,1H3,(H,20,21)/t9-,10?/m1/s1. The van der Waals surface area contributed by atoms with Crippen molar-refractivity contribution < 1.29 is 33.5 Å². The molecule has 1 fully saturated rings. The number of hydroxylamine groups is 2. The maximum Gasteiger partial charge on any atom is 0.326 e. The van der Waals surface area contributed by atoms with Crippen molar-refractivity contribution in [3.8, 4) is 0 Å². The van der Waals surface area contributed by atoms with Crippen LogP contribution in [-0.2, 0) is 14.4 Å². The van der Waals surface area contributed by atoms with Crippen molar-refractivity contribution in [2.24, 2.45) is 5.92 Å². The molecule has 2 N–H and O–H groups in total. The summed E-state index contributed by atoms with van der Waals surface area (Å²) in [6, 6.07) is -1.59. The molecule has 9 heteroatoms. The summed E-state index contributed by atoms with van der Waals surface area (Å²) in [5.74, 6) is -6.43. The summed E-state index contributed by atoms with van der Waals surface area (Å²) in [5.41, 5.74) is 0. The Morgan fingerprint density at radius 1 is 1.50 bits per heavy atom. The fourth-order valence-electron chi connectivity index (χ4n) is 2.52. The van der Waals surface area contributed by atoms with Gasteiger partial charge in [-0.1, -0.05) is 19.8 Å². The van der Waals surface area contributed by atoms with Crippen molar-refractivity contribution in [3.05, 3.63) is 0 Å². The highest BCUT2D eigenvalue weighted by Crippen LogP contribution is 2.33. The number of alkyl halides is 2. The third-order valence-electron chi connectivity index (χ3n) is 3.62. The van der Waals surface area contributed by atoms with E-state index < -0.39 is 42.7 Å². The highest BCUT2D eigenvalue weighted by atomic mass is 19.3. The number of carbonyl (C=O) groups excluding carboxylic acids is 2. The zero-order chi connectivity index (χ0) is 16.9. The van der Waals surface area contributed by atoms with E-state index in [2.05, 4.69) is 0 Å². The molecule has 2 atom stereocenters. The summed E-state index contributed by atoms with van der Waals surface area (Å²) >= 11 is 0. The van der Waals surface area contributed by atoms with Gasteiger partial charge in [-0.3, -0.25) is 14.8 Å². The first-order valence-corrected chi connectivity index (χ1v) is 7.03. The Bertz CT molecular complexity index is 433. The Morgan fingerprint density at radius 3 is 2.64 bits per heavy atom. The molecule has 0 aromatic carbocycles. The smallest absolute Gasteiger partial charge is 0.326 e. The number of nitrogens with zero attached hydrogens (tertiary/aromatic N) is 2. The van der Waals surface area contributed by atoms with Gasteiger partial charge in [-0.2, -0.15) is 0 Å². The van der Waals surface area contributed by atoms with Gasteiger partial charge in [0.05, 0.1) is 19.0 Å². The molecule has 7 nitrogen and oxygen atoms in total. The average Bonchev–Trinajstić information content (AvgIpc) is 2.78. The van der Waals surface area contributed by atoms with E-state index in [0.717, 1.165) is 6.42 Å². The molecule has 1 unspecified atom stereocenters. The van der Waals surface area contributed by atoms with Gasteiger partial charge in [0.25, 0.3) is 5.92 Å². The highest BCUT2D eigenvalue weighted by Gasteiger charge is 2.51. The molecule has 1 saturated heterocycles. The summed E-state index contributed by atoms with van der Waals surface area (Å²) < 4.78 is 26.9. The molecule has 126 valence electrons. The van der Waals surface area contributed by atoms with Crippen LogP contribution in [0.3, 0.4) is 0 Å². The topological polar surface area (TPSA) is 98.2 Å². The van der Waals surface area contributed by atoms with Crippen molar-refractivity contribution in [3.63, 3.8) is 0 Å². The molecule has 0 spiro atoms. The lowest BCUT2D eigenvalue weighted by Gasteiger charge is -2.27. The lowest BCUT2D eigenvalue weighted by Crippen LogP contribution is -2.46. The summed E-state index contributed by atoms with van der Waals surface area (Å²) in [6.07, 6.45) is 0.777. The van der Waals surface area contributed by atoms with E-state index in [1.54, 1.807) is 0 Å². The number of aliphatic carboxylic acids is 1. The quantitative estimate of drug-likeness (QED) is 0.394. The van der Waals surface area contributed by atoms with Gasteiger partial charge in [0.2, 0.25) is 12.3 Å². The van der Waals surface area contributed by atoms with E-state index in [4.69, 9.17) is 5.11 Å². The Morgan fingerprint density at radius 2 is 2.14 bits per heavy atom. The molecule has 0 aliphatic carbocycles. The van der Waals surface area contributed by atoms with Gasteiger partial charge in [-0.25, -0.2) is 18.6 Å². The molecule has 1 heterocycles. The fraction of sp³-hybridized carbons (Fsp3) is 0.769. The first kappa shape index (κ1) is 18.3. The molecule has 2 amide bonds. The Hall–Kier alpha value is -1.77. The molecule has 1 rings (SSSR count). The minimum Gasteiger partial charge on any atom is -0.480 e. The van der Waals surface area contributed by atoms with Crippen LogP contribution in [0.2, 0.25) is 0 Å². The summed E-state index contributed by atoms with van der Waals surface area (Å²) in [4.78, 5) is 34.6. The molecule has 0 radical (unpaired) electrons. The first-order valence-electron chi connectivity index (χ1n) is 7.03. The van der Waals surface area contributed by atoms with Crippen LogP contribution >= 0.6 is 0 Å². The third-order valence-corrected chi connectivity index (χ3v) is 3.62. The van der Waals surface area contributed by atoms with Crippen LogP contribution < -0.4 is 0 Å². The number of rotatable bonds is 8. The molecule has 0 bridgehead atoms. The Labute approximate surface area is 126 Å². The van der Waals surface area contributed by atoms with Gasteiger partial charge in [0, 0.05) is 6.42 Å². The van der Waals surface area contributed by atoms with Crippen LogP contribution in [0.15, 0.2) is 0 Å². The zero-order valence-corrected chi connectivity index (χ0v) is 12.2. The van der Waals surface area contributed by atoms with Crippen molar-refractivity contribution in [1.82, 2.24) is 9.96 Å². The van der Waals surface area contributed by atoms with E-state index >= 15 is 0 Å². The van der Waals surface area contributed by atoms with Crippen LogP contribution in [0.5, 0.6) is 0 Å².